The molecule has 2 N–H and O–H groups in total. The van der Waals surface area contributed by atoms with E-state index in [-0.39, 0.29) is 5.60 Å². The standard InChI is InChI=1S/C6H13NOS/c1-8-6(2-3-7)4-9-5-6/h2-5,7H2,1H3. The zero-order valence-electron chi connectivity index (χ0n) is 5.72. The van der Waals surface area contributed by atoms with Gasteiger partial charge in [0.15, 0.2) is 0 Å². The number of methoxy groups -OCH3 is 1. The summed E-state index contributed by atoms with van der Waals surface area (Å²) in [5.74, 6) is 2.25. The van der Waals surface area contributed by atoms with E-state index in [4.69, 9.17) is 10.5 Å². The van der Waals surface area contributed by atoms with Gasteiger partial charge in [0.2, 0.25) is 0 Å². The highest BCUT2D eigenvalue weighted by Crippen LogP contribution is 2.34. The molecule has 9 heavy (non-hydrogen) atoms. The van der Waals surface area contributed by atoms with Crippen LogP contribution in [0.25, 0.3) is 0 Å². The molecule has 0 amide bonds. The molecule has 0 aromatic rings. The molecule has 0 saturated carbocycles. The number of ether oxygens (including phenoxy) is 1. The molecule has 0 aromatic carbocycles. The Morgan fingerprint density at radius 3 is 2.44 bits per heavy atom. The van der Waals surface area contributed by atoms with Crippen molar-refractivity contribution in [3.05, 3.63) is 0 Å². The third-order valence-electron chi connectivity index (χ3n) is 1.76. The van der Waals surface area contributed by atoms with E-state index in [1.54, 1.807) is 7.11 Å². The molecule has 0 aliphatic carbocycles. The molecule has 1 heterocycles. The quantitative estimate of drug-likeness (QED) is 0.630. The third-order valence-corrected chi connectivity index (χ3v) is 3.22. The molecule has 0 radical (unpaired) electrons. The number of rotatable bonds is 3. The van der Waals surface area contributed by atoms with Crippen molar-refractivity contribution in [3.8, 4) is 0 Å². The monoisotopic (exact) mass is 147 g/mol. The van der Waals surface area contributed by atoms with E-state index < -0.39 is 0 Å². The molecule has 54 valence electrons. The van der Waals surface area contributed by atoms with Gasteiger partial charge in [0, 0.05) is 18.6 Å². The molecule has 1 fully saturated rings. The Morgan fingerprint density at radius 1 is 1.67 bits per heavy atom. The van der Waals surface area contributed by atoms with Gasteiger partial charge in [-0.05, 0) is 13.0 Å². The summed E-state index contributed by atoms with van der Waals surface area (Å²) in [5, 5.41) is 0. The van der Waals surface area contributed by atoms with Gasteiger partial charge in [-0.15, -0.1) is 0 Å². The van der Waals surface area contributed by atoms with Crippen LogP contribution >= 0.6 is 11.8 Å². The van der Waals surface area contributed by atoms with Gasteiger partial charge in [-0.3, -0.25) is 0 Å². The first kappa shape index (κ1) is 7.38. The predicted molar refractivity (Wildman–Crippen MR) is 40.7 cm³/mol. The molecule has 1 rings (SSSR count). The molecule has 0 spiro atoms. The highest BCUT2D eigenvalue weighted by molar-refractivity contribution is 8.00. The molecule has 0 unspecified atom stereocenters. The summed E-state index contributed by atoms with van der Waals surface area (Å²) in [5.41, 5.74) is 5.56. The average Bonchev–Trinajstić information content (AvgIpc) is 1.79. The van der Waals surface area contributed by atoms with Crippen molar-refractivity contribution in [2.45, 2.75) is 12.0 Å². The molecule has 0 bridgehead atoms. The second kappa shape index (κ2) is 2.90. The summed E-state index contributed by atoms with van der Waals surface area (Å²) < 4.78 is 5.31. The SMILES string of the molecule is COC1(CCN)CSC1. The Labute approximate surface area is 60.1 Å². The second-order valence-corrected chi connectivity index (χ2v) is 3.40. The summed E-state index contributed by atoms with van der Waals surface area (Å²) in [4.78, 5) is 0. The first-order valence-electron chi connectivity index (χ1n) is 3.16. The Kier molecular flexibility index (Phi) is 2.38. The van der Waals surface area contributed by atoms with Crippen LogP contribution in [-0.4, -0.2) is 30.8 Å². The molecule has 0 aromatic heterocycles. The number of thioether (sulfide) groups is 1. The zero-order valence-corrected chi connectivity index (χ0v) is 6.54. The van der Waals surface area contributed by atoms with E-state index in [1.165, 1.54) is 0 Å². The molecule has 1 saturated heterocycles. The molecule has 2 nitrogen and oxygen atoms in total. The van der Waals surface area contributed by atoms with E-state index in [0.717, 1.165) is 24.5 Å². The van der Waals surface area contributed by atoms with E-state index in [1.807, 2.05) is 11.8 Å². The van der Waals surface area contributed by atoms with Crippen LogP contribution in [0.15, 0.2) is 0 Å². The summed E-state index contributed by atoms with van der Waals surface area (Å²) in [6.07, 6.45) is 1.01. The van der Waals surface area contributed by atoms with Gasteiger partial charge in [-0.25, -0.2) is 0 Å². The van der Waals surface area contributed by atoms with Crippen molar-refractivity contribution in [3.63, 3.8) is 0 Å². The summed E-state index contributed by atoms with van der Waals surface area (Å²) in [6, 6.07) is 0. The third kappa shape index (κ3) is 1.39. The minimum absolute atomic E-state index is 0.152. The highest BCUT2D eigenvalue weighted by Gasteiger charge is 2.36. The van der Waals surface area contributed by atoms with Crippen LogP contribution in [0, 0.1) is 0 Å². The lowest BCUT2D eigenvalue weighted by Crippen LogP contribution is -2.46. The summed E-state index contributed by atoms with van der Waals surface area (Å²) >= 11 is 1.93. The van der Waals surface area contributed by atoms with Crippen molar-refractivity contribution in [1.29, 1.82) is 0 Å². The molecular weight excluding hydrogens is 134 g/mol. The molecule has 1 aliphatic rings. The molecular formula is C6H13NOS. The lowest BCUT2D eigenvalue weighted by Gasteiger charge is -2.39. The van der Waals surface area contributed by atoms with Crippen molar-refractivity contribution in [2.75, 3.05) is 25.2 Å². The van der Waals surface area contributed by atoms with E-state index in [2.05, 4.69) is 0 Å². The lowest BCUT2D eigenvalue weighted by atomic mass is 10.0. The molecule has 0 atom stereocenters. The Morgan fingerprint density at radius 2 is 2.33 bits per heavy atom. The Bertz CT molecular complexity index is 87.5. The van der Waals surface area contributed by atoms with Crippen LogP contribution in [0.2, 0.25) is 0 Å². The van der Waals surface area contributed by atoms with Crippen LogP contribution in [0.5, 0.6) is 0 Å². The Balaban J connectivity index is 2.28. The van der Waals surface area contributed by atoms with Crippen molar-refractivity contribution in [2.24, 2.45) is 5.73 Å². The van der Waals surface area contributed by atoms with E-state index in [0.29, 0.717) is 0 Å². The van der Waals surface area contributed by atoms with E-state index in [9.17, 15) is 0 Å². The summed E-state index contributed by atoms with van der Waals surface area (Å²) in [6.45, 7) is 0.744. The van der Waals surface area contributed by atoms with Gasteiger partial charge in [-0.2, -0.15) is 11.8 Å². The first-order valence-corrected chi connectivity index (χ1v) is 4.31. The fourth-order valence-electron chi connectivity index (χ4n) is 0.957. The van der Waals surface area contributed by atoms with Gasteiger partial charge in [0.1, 0.15) is 0 Å². The minimum Gasteiger partial charge on any atom is -0.376 e. The minimum atomic E-state index is 0.152. The second-order valence-electron chi connectivity index (χ2n) is 2.42. The van der Waals surface area contributed by atoms with Crippen molar-refractivity contribution >= 4 is 11.8 Å². The molecule has 1 aliphatic heterocycles. The predicted octanol–water partition coefficient (Wildman–Crippen LogP) is 0.467. The maximum absolute atomic E-state index is 5.41. The number of nitrogens with two attached hydrogens (primary N) is 1. The zero-order chi connectivity index (χ0) is 6.74. The largest absolute Gasteiger partial charge is 0.376 e. The molecule has 3 heteroatoms. The smallest absolute Gasteiger partial charge is 0.0870 e. The number of hydrogen-bond acceptors (Lipinski definition) is 3. The van der Waals surface area contributed by atoms with Crippen LogP contribution in [-0.2, 0) is 4.74 Å². The van der Waals surface area contributed by atoms with Gasteiger partial charge >= 0.3 is 0 Å². The highest BCUT2D eigenvalue weighted by atomic mass is 32.2. The average molecular weight is 147 g/mol. The van der Waals surface area contributed by atoms with Crippen LogP contribution in [0.1, 0.15) is 6.42 Å². The normalized spacial score (nSPS) is 23.3. The first-order chi connectivity index (χ1) is 4.33. The van der Waals surface area contributed by atoms with Gasteiger partial charge in [-0.1, -0.05) is 0 Å². The fraction of sp³-hybridized carbons (Fsp3) is 1.00. The fourth-order valence-corrected chi connectivity index (χ4v) is 2.14. The number of hydrogen-bond donors (Lipinski definition) is 1. The maximum atomic E-state index is 5.41. The summed E-state index contributed by atoms with van der Waals surface area (Å²) in [7, 11) is 1.77. The van der Waals surface area contributed by atoms with Gasteiger partial charge in [0.05, 0.1) is 5.60 Å². The van der Waals surface area contributed by atoms with Gasteiger partial charge < -0.3 is 10.5 Å². The maximum Gasteiger partial charge on any atom is 0.0870 e. The van der Waals surface area contributed by atoms with Crippen molar-refractivity contribution in [1.82, 2.24) is 0 Å². The Hall–Kier alpha value is 0.270. The van der Waals surface area contributed by atoms with Crippen LogP contribution in [0.4, 0.5) is 0 Å². The van der Waals surface area contributed by atoms with Crippen LogP contribution in [0.3, 0.4) is 0 Å². The van der Waals surface area contributed by atoms with Gasteiger partial charge in [0.25, 0.3) is 0 Å². The van der Waals surface area contributed by atoms with E-state index >= 15 is 0 Å². The van der Waals surface area contributed by atoms with Crippen LogP contribution < -0.4 is 5.73 Å². The van der Waals surface area contributed by atoms with Crippen molar-refractivity contribution < 1.29 is 4.74 Å². The topological polar surface area (TPSA) is 35.2 Å². The lowest BCUT2D eigenvalue weighted by molar-refractivity contribution is 0.0165.